The second kappa shape index (κ2) is 8.17. The second-order valence-corrected chi connectivity index (χ2v) is 7.38. The molecule has 0 amide bonds. The summed E-state index contributed by atoms with van der Waals surface area (Å²) in [4.78, 5) is 0.310. The van der Waals surface area contributed by atoms with Crippen LogP contribution >= 0.6 is 0 Å². The Morgan fingerprint density at radius 2 is 1.67 bits per heavy atom. The summed E-state index contributed by atoms with van der Waals surface area (Å²) in [6.07, 6.45) is 0.914. The Morgan fingerprint density at radius 3 is 2.33 bits per heavy atom. The van der Waals surface area contributed by atoms with Crippen LogP contribution in [0.4, 0.5) is 11.4 Å². The normalized spacial score (nSPS) is 11.3. The molecular weight excluding hydrogens is 324 g/mol. The quantitative estimate of drug-likeness (QED) is 0.716. The van der Waals surface area contributed by atoms with Crippen molar-refractivity contribution in [2.45, 2.75) is 25.2 Å². The lowest BCUT2D eigenvalue weighted by atomic mass is 10.2. The first-order valence-electron chi connectivity index (χ1n) is 7.85. The van der Waals surface area contributed by atoms with Crippen molar-refractivity contribution in [3.8, 4) is 0 Å². The minimum atomic E-state index is -3.59. The van der Waals surface area contributed by atoms with Crippen molar-refractivity contribution in [3.05, 3.63) is 53.6 Å². The second-order valence-electron chi connectivity index (χ2n) is 5.72. The van der Waals surface area contributed by atoms with Gasteiger partial charge < -0.3 is 10.1 Å². The third-order valence-electron chi connectivity index (χ3n) is 3.62. The maximum atomic E-state index is 12.6. The van der Waals surface area contributed by atoms with Crippen molar-refractivity contribution >= 4 is 21.4 Å². The molecule has 0 aromatic heterocycles. The summed E-state index contributed by atoms with van der Waals surface area (Å²) in [5, 5.41) is 3.26. The number of aryl methyl sites for hydroxylation is 2. The van der Waals surface area contributed by atoms with Crippen LogP contribution in [-0.2, 0) is 14.8 Å². The maximum absolute atomic E-state index is 12.6. The zero-order valence-corrected chi connectivity index (χ0v) is 15.1. The lowest BCUT2D eigenvalue weighted by molar-refractivity contribution is 0.198. The number of methoxy groups -OCH3 is 1. The molecular formula is C18H24N2O3S. The van der Waals surface area contributed by atoms with E-state index in [1.165, 1.54) is 0 Å². The first-order valence-corrected chi connectivity index (χ1v) is 9.33. The van der Waals surface area contributed by atoms with Crippen LogP contribution in [-0.4, -0.2) is 28.7 Å². The molecule has 2 aromatic carbocycles. The summed E-state index contributed by atoms with van der Waals surface area (Å²) in [6.45, 7) is 5.19. The topological polar surface area (TPSA) is 67.4 Å². The Balaban J connectivity index is 2.06. The fourth-order valence-corrected chi connectivity index (χ4v) is 3.70. The average Bonchev–Trinajstić information content (AvgIpc) is 2.55. The van der Waals surface area contributed by atoms with Gasteiger partial charge in [-0.1, -0.05) is 12.1 Å². The van der Waals surface area contributed by atoms with E-state index in [0.29, 0.717) is 17.2 Å². The first kappa shape index (κ1) is 18.3. The molecule has 0 fully saturated rings. The van der Waals surface area contributed by atoms with Gasteiger partial charge in [0.2, 0.25) is 0 Å². The van der Waals surface area contributed by atoms with Crippen LogP contribution in [0, 0.1) is 13.8 Å². The highest BCUT2D eigenvalue weighted by atomic mass is 32.2. The third-order valence-corrected chi connectivity index (χ3v) is 5.15. The number of nitrogens with one attached hydrogen (secondary N) is 2. The van der Waals surface area contributed by atoms with Gasteiger partial charge in [-0.05, 0) is 61.7 Å². The maximum Gasteiger partial charge on any atom is 0.262 e. The van der Waals surface area contributed by atoms with E-state index in [1.54, 1.807) is 32.2 Å². The van der Waals surface area contributed by atoms with Gasteiger partial charge in [0.25, 0.3) is 10.0 Å². The molecule has 0 aliphatic heterocycles. The van der Waals surface area contributed by atoms with E-state index >= 15 is 0 Å². The summed E-state index contributed by atoms with van der Waals surface area (Å²) in [5.74, 6) is 0. The fraction of sp³-hybridized carbons (Fsp3) is 0.333. The van der Waals surface area contributed by atoms with Crippen LogP contribution in [0.3, 0.4) is 0 Å². The van der Waals surface area contributed by atoms with Crippen molar-refractivity contribution in [3.63, 3.8) is 0 Å². The fourth-order valence-electron chi connectivity index (χ4n) is 2.31. The summed E-state index contributed by atoms with van der Waals surface area (Å²) >= 11 is 0. The lowest BCUT2D eigenvalue weighted by Gasteiger charge is -2.12. The van der Waals surface area contributed by atoms with Crippen molar-refractivity contribution < 1.29 is 13.2 Å². The van der Waals surface area contributed by atoms with Gasteiger partial charge in [-0.2, -0.15) is 0 Å². The monoisotopic (exact) mass is 348 g/mol. The van der Waals surface area contributed by atoms with Crippen molar-refractivity contribution in [1.82, 2.24) is 0 Å². The summed E-state index contributed by atoms with van der Waals surface area (Å²) < 4.78 is 32.8. The number of ether oxygens (including phenoxy) is 1. The number of hydrogen-bond donors (Lipinski definition) is 2. The molecule has 2 N–H and O–H groups in total. The van der Waals surface area contributed by atoms with Crippen LogP contribution in [0.25, 0.3) is 0 Å². The highest BCUT2D eigenvalue weighted by Crippen LogP contribution is 2.21. The molecule has 2 rings (SSSR count). The van der Waals surface area contributed by atoms with E-state index < -0.39 is 10.0 Å². The Labute approximate surface area is 144 Å². The summed E-state index contributed by atoms with van der Waals surface area (Å²) in [5.41, 5.74) is 3.13. The van der Waals surface area contributed by atoms with Gasteiger partial charge in [0.05, 0.1) is 4.90 Å². The molecule has 5 nitrogen and oxygen atoms in total. The number of hydrogen-bond acceptors (Lipinski definition) is 4. The van der Waals surface area contributed by atoms with Gasteiger partial charge in [-0.15, -0.1) is 0 Å². The Hall–Kier alpha value is -2.05. The Bertz CT molecular complexity index is 771. The van der Waals surface area contributed by atoms with Gasteiger partial charge in [0, 0.05) is 31.6 Å². The average molecular weight is 348 g/mol. The van der Waals surface area contributed by atoms with Crippen molar-refractivity contribution in [2.75, 3.05) is 30.3 Å². The zero-order chi connectivity index (χ0) is 17.6. The van der Waals surface area contributed by atoms with E-state index in [4.69, 9.17) is 4.74 Å². The van der Waals surface area contributed by atoms with E-state index in [1.807, 2.05) is 31.2 Å². The molecule has 0 atom stereocenters. The number of anilines is 2. The van der Waals surface area contributed by atoms with E-state index in [-0.39, 0.29) is 0 Å². The smallest absolute Gasteiger partial charge is 0.262 e. The van der Waals surface area contributed by atoms with Crippen LogP contribution in [0.5, 0.6) is 0 Å². The third kappa shape index (κ3) is 4.97. The molecule has 0 unspecified atom stereocenters. The van der Waals surface area contributed by atoms with E-state index in [0.717, 1.165) is 29.8 Å². The number of rotatable bonds is 8. The zero-order valence-electron chi connectivity index (χ0n) is 14.3. The molecule has 2 aromatic rings. The number of benzene rings is 2. The van der Waals surface area contributed by atoms with Gasteiger partial charge in [-0.25, -0.2) is 8.42 Å². The molecule has 0 bridgehead atoms. The molecule has 0 radical (unpaired) electrons. The van der Waals surface area contributed by atoms with Gasteiger partial charge in [0.1, 0.15) is 0 Å². The van der Waals surface area contributed by atoms with Gasteiger partial charge >= 0.3 is 0 Å². The molecule has 0 spiro atoms. The Morgan fingerprint density at radius 1 is 1.00 bits per heavy atom. The molecule has 0 saturated carbocycles. The minimum absolute atomic E-state index is 0.310. The largest absolute Gasteiger partial charge is 0.385 e. The predicted octanol–water partition coefficient (Wildman–Crippen LogP) is 3.55. The highest BCUT2D eigenvalue weighted by molar-refractivity contribution is 7.92. The Kier molecular flexibility index (Phi) is 6.23. The summed E-state index contributed by atoms with van der Waals surface area (Å²) in [7, 11) is -1.91. The molecule has 0 aliphatic rings. The molecule has 0 saturated heterocycles. The highest BCUT2D eigenvalue weighted by Gasteiger charge is 2.17. The van der Waals surface area contributed by atoms with Gasteiger partial charge in [0.15, 0.2) is 0 Å². The lowest BCUT2D eigenvalue weighted by Crippen LogP contribution is -2.14. The van der Waals surface area contributed by atoms with Crippen LogP contribution in [0.2, 0.25) is 0 Å². The standard InChI is InChI=1S/C18H24N2O3S/c1-14-5-6-15(2)18(13-14)24(21,22)20-17-9-7-16(8-10-17)19-11-4-12-23-3/h5-10,13,19-20H,4,11-12H2,1-3H3. The minimum Gasteiger partial charge on any atom is -0.385 e. The van der Waals surface area contributed by atoms with Crippen LogP contribution in [0.15, 0.2) is 47.4 Å². The molecule has 6 heteroatoms. The SMILES string of the molecule is COCCCNc1ccc(NS(=O)(=O)c2cc(C)ccc2C)cc1. The summed E-state index contributed by atoms with van der Waals surface area (Å²) in [6, 6.07) is 12.6. The number of sulfonamides is 1. The van der Waals surface area contributed by atoms with Crippen molar-refractivity contribution in [2.24, 2.45) is 0 Å². The van der Waals surface area contributed by atoms with Crippen LogP contribution < -0.4 is 10.0 Å². The van der Waals surface area contributed by atoms with Crippen molar-refractivity contribution in [1.29, 1.82) is 0 Å². The predicted molar refractivity (Wildman–Crippen MR) is 98.1 cm³/mol. The van der Waals surface area contributed by atoms with E-state index in [2.05, 4.69) is 10.0 Å². The molecule has 0 heterocycles. The van der Waals surface area contributed by atoms with E-state index in [9.17, 15) is 8.42 Å². The molecule has 0 aliphatic carbocycles. The van der Waals surface area contributed by atoms with Gasteiger partial charge in [-0.3, -0.25) is 4.72 Å². The molecule has 24 heavy (non-hydrogen) atoms. The molecule has 130 valence electrons. The first-order chi connectivity index (χ1) is 11.4. The van der Waals surface area contributed by atoms with Crippen LogP contribution in [0.1, 0.15) is 17.5 Å².